The van der Waals surface area contributed by atoms with E-state index in [0.717, 1.165) is 66.7 Å². The maximum absolute atomic E-state index is 6.57. The van der Waals surface area contributed by atoms with Crippen LogP contribution in [0.15, 0.2) is 180 Å². The van der Waals surface area contributed by atoms with Gasteiger partial charge in [-0.2, -0.15) is 0 Å². The lowest BCUT2D eigenvalue weighted by atomic mass is 10.0. The van der Waals surface area contributed by atoms with Crippen molar-refractivity contribution in [2.24, 2.45) is 0 Å². The topological polar surface area (TPSA) is 42.2 Å². The van der Waals surface area contributed by atoms with Gasteiger partial charge in [0.15, 0.2) is 5.82 Å². The smallest absolute Gasteiger partial charge is 0.161 e. The molecule has 7 aromatic carbocycles. The second-order valence-corrected chi connectivity index (χ2v) is 11.8. The summed E-state index contributed by atoms with van der Waals surface area (Å²) in [5, 5.41) is 3.04. The number of benzene rings is 7. The fraction of sp³-hybridized carbons (Fsp3) is 0. The number of rotatable bonds is 6. The summed E-state index contributed by atoms with van der Waals surface area (Å²) in [5.41, 5.74) is 10.7. The van der Waals surface area contributed by atoms with E-state index < -0.39 is 0 Å². The molecule has 0 radical (unpaired) electrons. The van der Waals surface area contributed by atoms with Crippen molar-refractivity contribution < 1.29 is 4.42 Å². The molecule has 0 saturated heterocycles. The van der Waals surface area contributed by atoms with Crippen molar-refractivity contribution in [1.29, 1.82) is 0 Å². The quantitative estimate of drug-likeness (QED) is 0.187. The highest BCUT2D eigenvalue weighted by Gasteiger charge is 2.22. The average Bonchev–Trinajstić information content (AvgIpc) is 3.54. The normalized spacial score (nSPS) is 11.3. The third-order valence-electron chi connectivity index (χ3n) is 8.86. The molecular weight excluding hydrogens is 587 g/mol. The molecule has 9 aromatic rings. The molecule has 0 saturated carbocycles. The van der Waals surface area contributed by atoms with Crippen molar-refractivity contribution in [2.45, 2.75) is 0 Å². The highest BCUT2D eigenvalue weighted by Crippen LogP contribution is 2.44. The average molecular weight is 616 g/mol. The largest absolute Gasteiger partial charge is 0.456 e. The van der Waals surface area contributed by atoms with Gasteiger partial charge in [0.2, 0.25) is 0 Å². The van der Waals surface area contributed by atoms with E-state index in [1.165, 1.54) is 11.1 Å². The van der Waals surface area contributed by atoms with E-state index in [4.69, 9.17) is 14.4 Å². The van der Waals surface area contributed by atoms with Gasteiger partial charge < -0.3 is 9.32 Å². The molecule has 0 N–H and O–H groups in total. The Hall–Kier alpha value is -6.52. The molecular formula is C44H29N3O. The van der Waals surface area contributed by atoms with Crippen LogP contribution >= 0.6 is 0 Å². The second-order valence-electron chi connectivity index (χ2n) is 11.8. The Morgan fingerprint density at radius 2 is 1.00 bits per heavy atom. The first-order valence-corrected chi connectivity index (χ1v) is 16.1. The predicted octanol–water partition coefficient (Wildman–Crippen LogP) is 12.0. The zero-order valence-corrected chi connectivity index (χ0v) is 26.0. The monoisotopic (exact) mass is 615 g/mol. The first-order valence-electron chi connectivity index (χ1n) is 16.1. The van der Waals surface area contributed by atoms with Crippen LogP contribution in [-0.4, -0.2) is 9.97 Å². The van der Waals surface area contributed by atoms with Gasteiger partial charge in [-0.25, -0.2) is 9.97 Å². The Kier molecular flexibility index (Phi) is 6.76. The van der Waals surface area contributed by atoms with E-state index in [1.54, 1.807) is 0 Å². The summed E-state index contributed by atoms with van der Waals surface area (Å²) in [6, 6.07) is 60.7. The summed E-state index contributed by atoms with van der Waals surface area (Å²) >= 11 is 0. The molecule has 0 aliphatic rings. The van der Waals surface area contributed by atoms with Gasteiger partial charge in [0.25, 0.3) is 0 Å². The number of anilines is 3. The third-order valence-corrected chi connectivity index (χ3v) is 8.86. The fourth-order valence-corrected chi connectivity index (χ4v) is 6.62. The van der Waals surface area contributed by atoms with E-state index >= 15 is 0 Å². The number of furan rings is 1. The van der Waals surface area contributed by atoms with Crippen molar-refractivity contribution in [3.05, 3.63) is 176 Å². The Balaban J connectivity index is 1.30. The van der Waals surface area contributed by atoms with Crippen molar-refractivity contribution in [3.63, 3.8) is 0 Å². The number of fused-ring (bicyclic) bond motifs is 4. The molecule has 226 valence electrons. The lowest BCUT2D eigenvalue weighted by Crippen LogP contribution is -2.10. The third kappa shape index (κ3) is 4.88. The molecule has 4 nitrogen and oxygen atoms in total. The highest BCUT2D eigenvalue weighted by molar-refractivity contribution is 6.13. The summed E-state index contributed by atoms with van der Waals surface area (Å²) in [4.78, 5) is 12.8. The molecule has 0 fully saturated rings. The molecule has 0 aliphatic carbocycles. The molecule has 0 atom stereocenters. The number of para-hydroxylation sites is 3. The number of nitrogens with zero attached hydrogens (tertiary/aromatic N) is 3. The van der Waals surface area contributed by atoms with Gasteiger partial charge in [0.1, 0.15) is 11.2 Å². The predicted molar refractivity (Wildman–Crippen MR) is 198 cm³/mol. The minimum Gasteiger partial charge on any atom is -0.456 e. The SMILES string of the molecule is c1ccc(-c2ccc(N(c3ccccc3)c3cc(-c4nc(-c5ccccc5)c5ccccc5n4)c4c(c3)oc3ccccc34)cc2)cc1. The summed E-state index contributed by atoms with van der Waals surface area (Å²) < 4.78 is 6.57. The summed E-state index contributed by atoms with van der Waals surface area (Å²) in [6.07, 6.45) is 0. The second kappa shape index (κ2) is 11.7. The minimum absolute atomic E-state index is 0.651. The van der Waals surface area contributed by atoms with E-state index in [-0.39, 0.29) is 0 Å². The Bertz CT molecular complexity index is 2540. The molecule has 0 spiro atoms. The summed E-state index contributed by atoms with van der Waals surface area (Å²) in [6.45, 7) is 0. The number of hydrogen-bond donors (Lipinski definition) is 0. The molecule has 0 bridgehead atoms. The maximum atomic E-state index is 6.57. The molecule has 2 aromatic heterocycles. The van der Waals surface area contributed by atoms with E-state index in [1.807, 2.05) is 42.5 Å². The maximum Gasteiger partial charge on any atom is 0.161 e. The number of hydrogen-bond acceptors (Lipinski definition) is 4. The van der Waals surface area contributed by atoms with Crippen LogP contribution in [0.25, 0.3) is 66.6 Å². The minimum atomic E-state index is 0.651. The van der Waals surface area contributed by atoms with Crippen LogP contribution in [0, 0.1) is 0 Å². The molecule has 9 rings (SSSR count). The van der Waals surface area contributed by atoms with Crippen LogP contribution < -0.4 is 4.90 Å². The van der Waals surface area contributed by atoms with Crippen LogP contribution in [0.5, 0.6) is 0 Å². The van der Waals surface area contributed by atoms with Gasteiger partial charge >= 0.3 is 0 Å². The highest BCUT2D eigenvalue weighted by atomic mass is 16.3. The summed E-state index contributed by atoms with van der Waals surface area (Å²) in [7, 11) is 0. The fourth-order valence-electron chi connectivity index (χ4n) is 6.62. The molecule has 48 heavy (non-hydrogen) atoms. The van der Waals surface area contributed by atoms with Crippen LogP contribution in [0.3, 0.4) is 0 Å². The van der Waals surface area contributed by atoms with Crippen LogP contribution in [0.2, 0.25) is 0 Å². The van der Waals surface area contributed by atoms with E-state index in [9.17, 15) is 0 Å². The molecule has 2 heterocycles. The number of aromatic nitrogens is 2. The zero-order valence-electron chi connectivity index (χ0n) is 26.0. The van der Waals surface area contributed by atoms with Gasteiger partial charge in [0, 0.05) is 44.7 Å². The van der Waals surface area contributed by atoms with Gasteiger partial charge in [-0.15, -0.1) is 0 Å². The Morgan fingerprint density at radius 3 is 1.75 bits per heavy atom. The van der Waals surface area contributed by atoms with Gasteiger partial charge in [-0.05, 0) is 53.6 Å². The standard InChI is InChI=1S/C44H29N3O/c1-4-14-30(15-5-1)31-24-26-34(27-25-31)47(33-18-8-3-9-19-33)35-28-38(42-37-21-11-13-23-40(37)48-41(42)29-35)44-45-39-22-12-10-20-36(39)43(46-44)32-16-6-2-7-17-32/h1-29H. The van der Waals surface area contributed by atoms with E-state index in [2.05, 4.69) is 138 Å². The van der Waals surface area contributed by atoms with Crippen LogP contribution in [-0.2, 0) is 0 Å². The zero-order chi connectivity index (χ0) is 31.9. The molecule has 0 aliphatic heterocycles. The van der Waals surface area contributed by atoms with Gasteiger partial charge in [-0.1, -0.05) is 127 Å². The van der Waals surface area contributed by atoms with Crippen LogP contribution in [0.1, 0.15) is 0 Å². The lowest BCUT2D eigenvalue weighted by molar-refractivity contribution is 0.669. The first-order chi connectivity index (χ1) is 23.8. The van der Waals surface area contributed by atoms with Crippen molar-refractivity contribution >= 4 is 49.9 Å². The lowest BCUT2D eigenvalue weighted by Gasteiger charge is -2.26. The Labute approximate surface area is 278 Å². The summed E-state index contributed by atoms with van der Waals surface area (Å²) in [5.74, 6) is 0.651. The van der Waals surface area contributed by atoms with Crippen molar-refractivity contribution in [1.82, 2.24) is 9.97 Å². The molecule has 0 unspecified atom stereocenters. The van der Waals surface area contributed by atoms with Gasteiger partial charge in [0.05, 0.1) is 16.9 Å². The Morgan fingerprint density at radius 1 is 0.417 bits per heavy atom. The van der Waals surface area contributed by atoms with Crippen molar-refractivity contribution in [3.8, 4) is 33.8 Å². The van der Waals surface area contributed by atoms with Gasteiger partial charge in [-0.3, -0.25) is 0 Å². The van der Waals surface area contributed by atoms with Crippen molar-refractivity contribution in [2.75, 3.05) is 4.90 Å². The van der Waals surface area contributed by atoms with E-state index in [0.29, 0.717) is 5.82 Å². The molecule has 4 heteroatoms. The van der Waals surface area contributed by atoms with Crippen LogP contribution in [0.4, 0.5) is 17.1 Å². The first kappa shape index (κ1) is 27.8. The molecule has 0 amide bonds.